The second kappa shape index (κ2) is 4.71. The average molecular weight is 321 g/mol. The van der Waals surface area contributed by atoms with E-state index in [1.54, 1.807) is 0 Å². The first kappa shape index (κ1) is 15.9. The van der Waals surface area contributed by atoms with Crippen molar-refractivity contribution < 1.29 is 0 Å². The molecule has 0 spiro atoms. The van der Waals surface area contributed by atoms with Gasteiger partial charge in [0.25, 0.3) is 6.13 Å². The van der Waals surface area contributed by atoms with Gasteiger partial charge in [-0.1, -0.05) is 54.4 Å². The topological polar surface area (TPSA) is 0 Å². The van der Waals surface area contributed by atoms with E-state index in [0.717, 1.165) is 47.1 Å². The standard InChI is InChI=1S/C20H34BCl/c1-11-15-7-13(19(15,3)4)9-17(11)21(22)18-10-14-8-16(12(18)2)20(14,5)6/h11-18H,7-10H2,1-6H3/t11-,12+,13-,14-,15+,16-,17-,18-/m1/s1. The van der Waals surface area contributed by atoms with Crippen LogP contribution in [0.3, 0.4) is 0 Å². The summed E-state index contributed by atoms with van der Waals surface area (Å²) in [6.07, 6.45) is 6.20. The van der Waals surface area contributed by atoms with Gasteiger partial charge in [0, 0.05) is 0 Å². The van der Waals surface area contributed by atoms with E-state index in [4.69, 9.17) is 11.5 Å². The summed E-state index contributed by atoms with van der Waals surface area (Å²) in [6, 6.07) is 0. The molecule has 6 aliphatic carbocycles. The maximum absolute atomic E-state index is 7.19. The minimum absolute atomic E-state index is 0.438. The van der Waals surface area contributed by atoms with E-state index >= 15 is 0 Å². The number of rotatable bonds is 2. The molecule has 4 bridgehead atoms. The quantitative estimate of drug-likeness (QED) is 0.519. The van der Waals surface area contributed by atoms with Crippen LogP contribution in [0.4, 0.5) is 0 Å². The van der Waals surface area contributed by atoms with E-state index in [0.29, 0.717) is 17.0 Å². The second-order valence-corrected chi connectivity index (χ2v) is 11.2. The van der Waals surface area contributed by atoms with Crippen LogP contribution in [0.25, 0.3) is 0 Å². The molecule has 0 aliphatic heterocycles. The molecular formula is C20H34BCl. The van der Waals surface area contributed by atoms with Crippen LogP contribution in [0.5, 0.6) is 0 Å². The summed E-state index contributed by atoms with van der Waals surface area (Å²) in [6.45, 7) is 15.0. The third-order valence-electron chi connectivity index (χ3n) is 9.64. The number of hydrogen-bond acceptors (Lipinski definition) is 0. The molecule has 0 amide bonds. The third-order valence-corrected chi connectivity index (χ3v) is 10.3. The molecule has 6 saturated carbocycles. The molecule has 0 N–H and O–H groups in total. The minimum Gasteiger partial charge on any atom is -0.195 e. The van der Waals surface area contributed by atoms with Gasteiger partial charge in [-0.3, -0.25) is 0 Å². The molecule has 0 radical (unpaired) electrons. The van der Waals surface area contributed by atoms with Gasteiger partial charge in [-0.2, -0.15) is 11.5 Å². The first-order valence-corrected chi connectivity index (χ1v) is 10.2. The highest BCUT2D eigenvalue weighted by Crippen LogP contribution is 2.69. The van der Waals surface area contributed by atoms with Crippen molar-refractivity contribution >= 4 is 17.6 Å². The Morgan fingerprint density at radius 2 is 1.09 bits per heavy atom. The Morgan fingerprint density at radius 1 is 0.727 bits per heavy atom. The summed E-state index contributed by atoms with van der Waals surface area (Å²) < 4.78 is 0. The van der Waals surface area contributed by atoms with E-state index in [2.05, 4.69) is 41.5 Å². The van der Waals surface area contributed by atoms with Crippen LogP contribution in [-0.2, 0) is 0 Å². The Labute approximate surface area is 143 Å². The molecule has 0 aromatic rings. The van der Waals surface area contributed by atoms with Gasteiger partial charge in [0.15, 0.2) is 0 Å². The zero-order valence-electron chi connectivity index (χ0n) is 15.4. The lowest BCUT2D eigenvalue weighted by Crippen LogP contribution is -2.58. The van der Waals surface area contributed by atoms with E-state index in [1.165, 1.54) is 25.7 Å². The van der Waals surface area contributed by atoms with E-state index in [-0.39, 0.29) is 0 Å². The van der Waals surface area contributed by atoms with Crippen molar-refractivity contribution in [3.8, 4) is 0 Å². The molecule has 6 rings (SSSR count). The Morgan fingerprint density at radius 3 is 1.36 bits per heavy atom. The highest BCUT2D eigenvalue weighted by molar-refractivity contribution is 7.08. The van der Waals surface area contributed by atoms with Crippen molar-refractivity contribution in [2.75, 3.05) is 0 Å². The van der Waals surface area contributed by atoms with Crippen molar-refractivity contribution in [1.29, 1.82) is 0 Å². The first-order chi connectivity index (χ1) is 10.2. The van der Waals surface area contributed by atoms with Gasteiger partial charge in [-0.15, -0.1) is 0 Å². The van der Waals surface area contributed by atoms with Gasteiger partial charge in [-0.25, -0.2) is 0 Å². The normalized spacial score (nSPS) is 54.1. The highest BCUT2D eigenvalue weighted by atomic mass is 35.5. The Hall–Kier alpha value is 0.355. The van der Waals surface area contributed by atoms with Gasteiger partial charge < -0.3 is 0 Å². The van der Waals surface area contributed by atoms with Crippen LogP contribution in [0.15, 0.2) is 0 Å². The Balaban J connectivity index is 1.49. The average Bonchev–Trinajstić information content (AvgIpc) is 2.45. The largest absolute Gasteiger partial charge is 0.257 e. The van der Waals surface area contributed by atoms with E-state index < -0.39 is 0 Å². The smallest absolute Gasteiger partial charge is 0.195 e. The zero-order valence-corrected chi connectivity index (χ0v) is 16.2. The molecule has 6 fully saturated rings. The van der Waals surface area contributed by atoms with Gasteiger partial charge in [-0.05, 0) is 70.8 Å². The number of halogens is 1. The lowest BCUT2D eigenvalue weighted by atomic mass is 9.30. The van der Waals surface area contributed by atoms with Gasteiger partial charge in [0.2, 0.25) is 0 Å². The van der Waals surface area contributed by atoms with E-state index in [9.17, 15) is 0 Å². The molecule has 6 aliphatic rings. The summed E-state index contributed by atoms with van der Waals surface area (Å²) in [4.78, 5) is 0. The first-order valence-electron chi connectivity index (χ1n) is 9.79. The minimum atomic E-state index is 0.438. The molecule has 124 valence electrons. The summed E-state index contributed by atoms with van der Waals surface area (Å²) >= 11 is 7.19. The maximum atomic E-state index is 7.19. The van der Waals surface area contributed by atoms with Gasteiger partial charge >= 0.3 is 0 Å². The van der Waals surface area contributed by atoms with Crippen LogP contribution < -0.4 is 0 Å². The molecule has 0 saturated heterocycles. The molecule has 0 aromatic heterocycles. The zero-order chi connectivity index (χ0) is 16.0. The van der Waals surface area contributed by atoms with Crippen molar-refractivity contribution in [2.24, 2.45) is 46.3 Å². The summed E-state index contributed by atoms with van der Waals surface area (Å²) in [5.41, 5.74) is 1.18. The van der Waals surface area contributed by atoms with Gasteiger partial charge in [0.1, 0.15) is 0 Å². The fourth-order valence-corrected chi connectivity index (χ4v) is 8.20. The fraction of sp³-hybridized carbons (Fsp3) is 1.00. The number of fused-ring (bicyclic) bond motifs is 4. The molecule has 2 heteroatoms. The van der Waals surface area contributed by atoms with Crippen molar-refractivity contribution in [1.82, 2.24) is 0 Å². The molecular weight excluding hydrogens is 286 g/mol. The molecule has 8 atom stereocenters. The molecule has 0 heterocycles. The number of hydrogen-bond donors (Lipinski definition) is 0. The van der Waals surface area contributed by atoms with Crippen LogP contribution in [0, 0.1) is 46.3 Å². The SMILES string of the molecule is C[C@H]1[C@H]2C[C@H](C[C@H]1B(Cl)[C@@H]1C[C@H]3C[C@@H]([C@H]1C)C3(C)C)C2(C)C. The predicted octanol–water partition coefficient (Wildman–Crippen LogP) is 6.36. The third kappa shape index (κ3) is 1.84. The van der Waals surface area contributed by atoms with Crippen molar-refractivity contribution in [2.45, 2.75) is 78.9 Å². The maximum Gasteiger partial charge on any atom is 0.257 e. The molecule has 0 nitrogen and oxygen atoms in total. The molecule has 0 aromatic carbocycles. The molecule has 22 heavy (non-hydrogen) atoms. The summed E-state index contributed by atoms with van der Waals surface area (Å²) in [5.74, 6) is 7.00. The lowest BCUT2D eigenvalue weighted by Gasteiger charge is -2.65. The highest BCUT2D eigenvalue weighted by Gasteiger charge is 2.62. The predicted molar refractivity (Wildman–Crippen MR) is 97.4 cm³/mol. The summed E-state index contributed by atoms with van der Waals surface area (Å²) in [5, 5.41) is 0. The lowest BCUT2D eigenvalue weighted by molar-refractivity contribution is -0.106. The summed E-state index contributed by atoms with van der Waals surface area (Å²) in [7, 11) is 0. The van der Waals surface area contributed by atoms with Crippen LogP contribution in [0.1, 0.15) is 67.2 Å². The second-order valence-electron chi connectivity index (χ2n) is 10.7. The van der Waals surface area contributed by atoms with Crippen molar-refractivity contribution in [3.05, 3.63) is 0 Å². The Bertz CT molecular complexity index is 428. The fourth-order valence-electron chi connectivity index (χ4n) is 7.54. The Kier molecular flexibility index (Phi) is 3.39. The molecule has 0 unspecified atom stereocenters. The van der Waals surface area contributed by atoms with Crippen molar-refractivity contribution in [3.63, 3.8) is 0 Å². The van der Waals surface area contributed by atoms with Crippen LogP contribution in [-0.4, -0.2) is 6.13 Å². The van der Waals surface area contributed by atoms with Crippen LogP contribution >= 0.6 is 11.5 Å². The monoisotopic (exact) mass is 320 g/mol. The van der Waals surface area contributed by atoms with Gasteiger partial charge in [0.05, 0.1) is 0 Å². The van der Waals surface area contributed by atoms with Crippen LogP contribution in [0.2, 0.25) is 11.6 Å². The van der Waals surface area contributed by atoms with E-state index in [1.807, 2.05) is 0 Å².